The molecule has 6 heteroatoms. The standard InChI is InChI=1S/C30H56N2O4/c1-4-6-8-10-12-14-16-18-20-22-24-32-26-25-31(3)30(32)36-29(34)28(33)35-27-23-21-19-17-15-13-11-9-7-5-2/h25-26,30H,4-24,27H2,1-3H3. The van der Waals surface area contributed by atoms with E-state index in [2.05, 4.69) is 13.8 Å². The molecule has 1 unspecified atom stereocenters. The van der Waals surface area contributed by atoms with Crippen molar-refractivity contribution in [3.8, 4) is 0 Å². The minimum atomic E-state index is -0.907. The predicted octanol–water partition coefficient (Wildman–Crippen LogP) is 7.92. The number of carbonyl (C=O) groups is 2. The van der Waals surface area contributed by atoms with Crippen LogP contribution in [0.3, 0.4) is 0 Å². The van der Waals surface area contributed by atoms with Crippen molar-refractivity contribution in [1.29, 1.82) is 0 Å². The van der Waals surface area contributed by atoms with Gasteiger partial charge in [0.05, 0.1) is 6.61 Å². The second-order valence-electron chi connectivity index (χ2n) is 10.4. The molecule has 1 atom stereocenters. The van der Waals surface area contributed by atoms with Gasteiger partial charge in [-0.05, 0) is 12.8 Å². The van der Waals surface area contributed by atoms with E-state index in [0.717, 1.165) is 32.2 Å². The third kappa shape index (κ3) is 16.1. The number of hydrogen-bond acceptors (Lipinski definition) is 6. The Hall–Kier alpha value is -1.72. The van der Waals surface area contributed by atoms with E-state index in [1.807, 2.05) is 29.2 Å². The molecule has 0 aromatic carbocycles. The van der Waals surface area contributed by atoms with Crippen LogP contribution in [0.1, 0.15) is 142 Å². The van der Waals surface area contributed by atoms with Crippen molar-refractivity contribution in [3.05, 3.63) is 12.4 Å². The van der Waals surface area contributed by atoms with E-state index in [9.17, 15) is 9.59 Å². The van der Waals surface area contributed by atoms with Crippen LogP contribution < -0.4 is 0 Å². The average Bonchev–Trinajstić information content (AvgIpc) is 3.22. The second kappa shape index (κ2) is 22.5. The zero-order valence-electron chi connectivity index (χ0n) is 23.8. The maximum absolute atomic E-state index is 12.3. The Labute approximate surface area is 222 Å². The van der Waals surface area contributed by atoms with Crippen molar-refractivity contribution in [2.45, 2.75) is 149 Å². The van der Waals surface area contributed by atoms with E-state index >= 15 is 0 Å². The Morgan fingerprint density at radius 2 is 1.06 bits per heavy atom. The van der Waals surface area contributed by atoms with Crippen LogP contribution >= 0.6 is 0 Å². The lowest BCUT2D eigenvalue weighted by molar-refractivity contribution is -0.182. The highest BCUT2D eigenvalue weighted by Crippen LogP contribution is 2.18. The first-order valence-electron chi connectivity index (χ1n) is 15.1. The van der Waals surface area contributed by atoms with Gasteiger partial charge in [-0.25, -0.2) is 9.59 Å². The Morgan fingerprint density at radius 1 is 0.611 bits per heavy atom. The summed E-state index contributed by atoms with van der Waals surface area (Å²) in [7, 11) is 1.85. The number of carbonyl (C=O) groups excluding carboxylic acids is 2. The first kappa shape index (κ1) is 32.3. The Balaban J connectivity index is 2.08. The highest BCUT2D eigenvalue weighted by atomic mass is 16.6. The molecule has 1 aliphatic heterocycles. The minimum Gasteiger partial charge on any atom is -0.457 e. The van der Waals surface area contributed by atoms with E-state index < -0.39 is 18.3 Å². The lowest BCUT2D eigenvalue weighted by Crippen LogP contribution is -2.42. The van der Waals surface area contributed by atoms with Gasteiger partial charge >= 0.3 is 11.9 Å². The molecular weight excluding hydrogens is 452 g/mol. The zero-order chi connectivity index (χ0) is 26.3. The van der Waals surface area contributed by atoms with Crippen LogP contribution in [0.5, 0.6) is 0 Å². The molecule has 0 aromatic heterocycles. The molecule has 0 aliphatic carbocycles. The van der Waals surface area contributed by atoms with Crippen LogP contribution in [-0.4, -0.2) is 48.3 Å². The summed E-state index contributed by atoms with van der Waals surface area (Å²) in [5.41, 5.74) is 0. The molecule has 0 saturated carbocycles. The summed E-state index contributed by atoms with van der Waals surface area (Å²) in [6, 6.07) is 0. The van der Waals surface area contributed by atoms with Crippen LogP contribution in [-0.2, 0) is 19.1 Å². The summed E-state index contributed by atoms with van der Waals surface area (Å²) < 4.78 is 10.6. The van der Waals surface area contributed by atoms with Crippen molar-refractivity contribution in [2.75, 3.05) is 20.2 Å². The highest BCUT2D eigenvalue weighted by molar-refractivity contribution is 6.29. The van der Waals surface area contributed by atoms with Gasteiger partial charge in [-0.15, -0.1) is 0 Å². The molecule has 0 spiro atoms. The van der Waals surface area contributed by atoms with Gasteiger partial charge < -0.3 is 19.3 Å². The third-order valence-electron chi connectivity index (χ3n) is 7.01. The zero-order valence-corrected chi connectivity index (χ0v) is 23.8. The SMILES string of the molecule is CCCCCCCCCCCCOC(=O)C(=O)OC1N(C)C=CN1CCCCCCCCCCCC. The largest absolute Gasteiger partial charge is 0.457 e. The summed E-state index contributed by atoms with van der Waals surface area (Å²) in [6.45, 7) is 5.59. The molecule has 0 N–H and O–H groups in total. The molecule has 0 radical (unpaired) electrons. The number of ether oxygens (including phenoxy) is 2. The molecule has 36 heavy (non-hydrogen) atoms. The Morgan fingerprint density at radius 3 is 1.56 bits per heavy atom. The van der Waals surface area contributed by atoms with Crippen molar-refractivity contribution < 1.29 is 19.1 Å². The fraction of sp³-hybridized carbons (Fsp3) is 0.867. The van der Waals surface area contributed by atoms with Crippen molar-refractivity contribution in [3.63, 3.8) is 0 Å². The van der Waals surface area contributed by atoms with Gasteiger partial charge in [0.1, 0.15) is 0 Å². The maximum atomic E-state index is 12.3. The van der Waals surface area contributed by atoms with Crippen molar-refractivity contribution in [2.24, 2.45) is 0 Å². The van der Waals surface area contributed by atoms with Crippen LogP contribution in [0, 0.1) is 0 Å². The van der Waals surface area contributed by atoms with Gasteiger partial charge in [-0.2, -0.15) is 0 Å². The van der Waals surface area contributed by atoms with E-state index in [0.29, 0.717) is 0 Å². The molecule has 1 aliphatic rings. The molecule has 0 amide bonds. The van der Waals surface area contributed by atoms with Crippen molar-refractivity contribution >= 4 is 11.9 Å². The lowest BCUT2D eigenvalue weighted by atomic mass is 10.1. The summed E-state index contributed by atoms with van der Waals surface area (Å²) in [5.74, 6) is -1.79. The van der Waals surface area contributed by atoms with Gasteiger partial charge in [0.15, 0.2) is 0 Å². The van der Waals surface area contributed by atoms with Crippen molar-refractivity contribution in [1.82, 2.24) is 9.80 Å². The lowest BCUT2D eigenvalue weighted by Gasteiger charge is -2.29. The number of rotatable bonds is 23. The van der Waals surface area contributed by atoms with Gasteiger partial charge in [0, 0.05) is 26.0 Å². The summed E-state index contributed by atoms with van der Waals surface area (Å²) in [4.78, 5) is 28.2. The third-order valence-corrected chi connectivity index (χ3v) is 7.01. The number of unbranched alkanes of at least 4 members (excludes halogenated alkanes) is 18. The van der Waals surface area contributed by atoms with Gasteiger partial charge in [-0.3, -0.25) is 0 Å². The molecule has 0 aromatic rings. The fourth-order valence-electron chi connectivity index (χ4n) is 4.65. The Kier molecular flexibility index (Phi) is 20.2. The van der Waals surface area contributed by atoms with Gasteiger partial charge in [0.25, 0.3) is 6.35 Å². The van der Waals surface area contributed by atoms with E-state index in [1.165, 1.54) is 103 Å². The minimum absolute atomic E-state index is 0.283. The Bertz CT molecular complexity index is 581. The molecular formula is C30H56N2O4. The van der Waals surface area contributed by atoms with E-state index in [4.69, 9.17) is 9.47 Å². The monoisotopic (exact) mass is 508 g/mol. The molecule has 210 valence electrons. The van der Waals surface area contributed by atoms with Crippen LogP contribution in [0.4, 0.5) is 0 Å². The smallest absolute Gasteiger partial charge is 0.420 e. The molecule has 0 saturated heterocycles. The van der Waals surface area contributed by atoms with Crippen LogP contribution in [0.25, 0.3) is 0 Å². The quantitative estimate of drug-likeness (QED) is 0.0793. The first-order valence-corrected chi connectivity index (χ1v) is 15.1. The summed E-state index contributed by atoms with van der Waals surface area (Å²) in [5, 5.41) is 0. The fourth-order valence-corrected chi connectivity index (χ4v) is 4.65. The maximum Gasteiger partial charge on any atom is 0.420 e. The molecule has 1 rings (SSSR count). The molecule has 0 bridgehead atoms. The molecule has 6 nitrogen and oxygen atoms in total. The predicted molar refractivity (Wildman–Crippen MR) is 148 cm³/mol. The van der Waals surface area contributed by atoms with Crippen LogP contribution in [0.15, 0.2) is 12.4 Å². The van der Waals surface area contributed by atoms with E-state index in [1.54, 1.807) is 0 Å². The topological polar surface area (TPSA) is 59.1 Å². The highest BCUT2D eigenvalue weighted by Gasteiger charge is 2.30. The normalized spacial score (nSPS) is 15.0. The second-order valence-corrected chi connectivity index (χ2v) is 10.4. The molecule has 0 fully saturated rings. The van der Waals surface area contributed by atoms with Gasteiger partial charge in [0.2, 0.25) is 0 Å². The van der Waals surface area contributed by atoms with Crippen LogP contribution in [0.2, 0.25) is 0 Å². The number of nitrogens with zero attached hydrogens (tertiary/aromatic N) is 2. The molecule has 1 heterocycles. The summed E-state index contributed by atoms with van der Waals surface area (Å²) >= 11 is 0. The van der Waals surface area contributed by atoms with E-state index in [-0.39, 0.29) is 6.61 Å². The average molecular weight is 509 g/mol. The first-order chi connectivity index (χ1) is 17.6. The number of hydrogen-bond donors (Lipinski definition) is 0. The van der Waals surface area contributed by atoms with Gasteiger partial charge in [-0.1, -0.05) is 129 Å². The number of esters is 2. The summed E-state index contributed by atoms with van der Waals surface area (Å²) in [6.07, 6.45) is 28.2.